The van der Waals surface area contributed by atoms with Crippen molar-refractivity contribution in [1.29, 1.82) is 0 Å². The Morgan fingerprint density at radius 1 is 1.04 bits per heavy atom. The molecule has 1 heterocycles. The lowest BCUT2D eigenvalue weighted by atomic mass is 9.85. The van der Waals surface area contributed by atoms with E-state index in [1.807, 2.05) is 0 Å². The van der Waals surface area contributed by atoms with Crippen molar-refractivity contribution in [2.75, 3.05) is 13.2 Å². The maximum absolute atomic E-state index is 13.5. The number of hydrogen-bond donors (Lipinski definition) is 0. The van der Waals surface area contributed by atoms with Crippen LogP contribution in [0.5, 0.6) is 11.5 Å². The second-order valence-electron chi connectivity index (χ2n) is 5.83. The average molecular weight is 327 g/mol. The molecule has 0 atom stereocenters. The molecule has 1 fully saturated rings. The highest BCUT2D eigenvalue weighted by molar-refractivity contribution is 5.52. The van der Waals surface area contributed by atoms with Crippen LogP contribution in [0.4, 0.5) is 13.2 Å². The fourth-order valence-corrected chi connectivity index (χ4v) is 3.32. The van der Waals surface area contributed by atoms with Crippen molar-refractivity contribution in [3.63, 3.8) is 0 Å². The van der Waals surface area contributed by atoms with Crippen LogP contribution in [-0.4, -0.2) is 19.3 Å². The summed E-state index contributed by atoms with van der Waals surface area (Å²) in [4.78, 5) is 14.6. The van der Waals surface area contributed by atoms with Gasteiger partial charge in [-0.15, -0.1) is 0 Å². The number of aliphatic imine (C=N–C) groups is 1. The molecule has 124 valence electrons. The molecule has 23 heavy (non-hydrogen) atoms. The summed E-state index contributed by atoms with van der Waals surface area (Å²) in [5.74, 6) is 0.361. The van der Waals surface area contributed by atoms with Crippen LogP contribution in [0.25, 0.3) is 0 Å². The van der Waals surface area contributed by atoms with Crippen LogP contribution in [0.2, 0.25) is 0 Å². The Morgan fingerprint density at radius 3 is 2.22 bits per heavy atom. The second kappa shape index (κ2) is 5.89. The van der Waals surface area contributed by atoms with Gasteiger partial charge in [0, 0.05) is 6.42 Å². The van der Waals surface area contributed by atoms with Gasteiger partial charge >= 0.3 is 6.18 Å². The zero-order valence-electron chi connectivity index (χ0n) is 12.4. The summed E-state index contributed by atoms with van der Waals surface area (Å²) in [5, 5.41) is 0. The Kier molecular flexibility index (Phi) is 4.06. The number of rotatable bonds is 2. The van der Waals surface area contributed by atoms with Gasteiger partial charge in [-0.3, -0.25) is 0 Å². The second-order valence-corrected chi connectivity index (χ2v) is 5.83. The summed E-state index contributed by atoms with van der Waals surface area (Å²) in [7, 11) is 0. The van der Waals surface area contributed by atoms with Gasteiger partial charge in [0.1, 0.15) is 0 Å². The summed E-state index contributed by atoms with van der Waals surface area (Å²) in [6.07, 6.45) is -0.280. The first kappa shape index (κ1) is 15.9. The Morgan fingerprint density at radius 2 is 1.65 bits per heavy atom. The van der Waals surface area contributed by atoms with Crippen LogP contribution >= 0.6 is 0 Å². The highest BCUT2D eigenvalue weighted by atomic mass is 19.4. The van der Waals surface area contributed by atoms with Crippen molar-refractivity contribution in [3.8, 4) is 11.5 Å². The number of carbonyl (C=O) groups excluding carboxylic acids is 1. The van der Waals surface area contributed by atoms with Crippen molar-refractivity contribution in [3.05, 3.63) is 23.3 Å². The molecule has 0 saturated heterocycles. The Balaban J connectivity index is 2.21. The van der Waals surface area contributed by atoms with Crippen LogP contribution in [0.1, 0.15) is 43.2 Å². The third kappa shape index (κ3) is 2.93. The van der Waals surface area contributed by atoms with E-state index < -0.39 is 17.3 Å². The third-order valence-corrected chi connectivity index (χ3v) is 4.38. The summed E-state index contributed by atoms with van der Waals surface area (Å²) < 4.78 is 51.5. The molecule has 0 unspecified atom stereocenters. The standard InChI is InChI=1S/C16H16F3NO3/c17-16(18,19)12-9-14-13(22-6-3-7-23-14)8-11(12)15(20-10-21)4-1-2-5-15/h8-9H,1-7H2. The predicted molar refractivity (Wildman–Crippen MR) is 75.3 cm³/mol. The number of hydrogen-bond acceptors (Lipinski definition) is 4. The molecule has 0 spiro atoms. The van der Waals surface area contributed by atoms with Crippen molar-refractivity contribution in [1.82, 2.24) is 0 Å². The highest BCUT2D eigenvalue weighted by Gasteiger charge is 2.45. The topological polar surface area (TPSA) is 47.9 Å². The van der Waals surface area contributed by atoms with Crippen molar-refractivity contribution in [2.24, 2.45) is 4.99 Å². The minimum atomic E-state index is -4.56. The van der Waals surface area contributed by atoms with E-state index in [9.17, 15) is 18.0 Å². The molecule has 1 saturated carbocycles. The SMILES string of the molecule is O=C=NC1(c2cc3c(cc2C(F)(F)F)OCCCO3)CCCC1. The molecule has 0 bridgehead atoms. The number of halogens is 3. The predicted octanol–water partition coefficient (Wildman–Crippen LogP) is 3.97. The zero-order chi connectivity index (χ0) is 16.5. The molecule has 1 aliphatic carbocycles. The van der Waals surface area contributed by atoms with E-state index in [4.69, 9.17) is 9.47 Å². The fourth-order valence-electron chi connectivity index (χ4n) is 3.32. The largest absolute Gasteiger partial charge is 0.490 e. The van der Waals surface area contributed by atoms with Gasteiger partial charge in [-0.1, -0.05) is 12.8 Å². The van der Waals surface area contributed by atoms with Crippen molar-refractivity contribution in [2.45, 2.75) is 43.8 Å². The van der Waals surface area contributed by atoms with E-state index in [-0.39, 0.29) is 17.1 Å². The molecule has 0 N–H and O–H groups in total. The normalized spacial score (nSPS) is 19.8. The summed E-state index contributed by atoms with van der Waals surface area (Å²) >= 11 is 0. The quantitative estimate of drug-likeness (QED) is 0.610. The van der Waals surface area contributed by atoms with E-state index >= 15 is 0 Å². The van der Waals surface area contributed by atoms with Crippen LogP contribution in [0.15, 0.2) is 17.1 Å². The number of ether oxygens (including phenoxy) is 2. The molecule has 0 aromatic heterocycles. The minimum Gasteiger partial charge on any atom is -0.490 e. The minimum absolute atomic E-state index is 0.0184. The lowest BCUT2D eigenvalue weighted by Gasteiger charge is -2.27. The first-order chi connectivity index (χ1) is 11.0. The maximum atomic E-state index is 13.5. The van der Waals surface area contributed by atoms with Gasteiger partial charge in [-0.2, -0.15) is 18.2 Å². The van der Waals surface area contributed by atoms with Gasteiger partial charge in [0.05, 0.1) is 24.3 Å². The van der Waals surface area contributed by atoms with Crippen molar-refractivity contribution >= 4 is 6.08 Å². The molecule has 1 aromatic rings. The van der Waals surface area contributed by atoms with E-state index in [0.717, 1.165) is 18.9 Å². The van der Waals surface area contributed by atoms with Crippen LogP contribution in [-0.2, 0) is 16.5 Å². The zero-order valence-corrected chi connectivity index (χ0v) is 12.4. The first-order valence-corrected chi connectivity index (χ1v) is 7.57. The molecule has 2 aliphatic rings. The lowest BCUT2D eigenvalue weighted by molar-refractivity contribution is -0.138. The van der Waals surface area contributed by atoms with E-state index in [2.05, 4.69) is 4.99 Å². The molecular formula is C16H16F3NO3. The van der Waals surface area contributed by atoms with Gasteiger partial charge < -0.3 is 9.47 Å². The molecule has 1 aliphatic heterocycles. The molecule has 0 radical (unpaired) electrons. The van der Waals surface area contributed by atoms with Crippen molar-refractivity contribution < 1.29 is 27.4 Å². The summed E-state index contributed by atoms with van der Waals surface area (Å²) in [6.45, 7) is 0.684. The number of benzene rings is 1. The Hall–Kier alpha value is -2.01. The van der Waals surface area contributed by atoms with E-state index in [1.165, 1.54) is 12.1 Å². The molecule has 7 heteroatoms. The number of fused-ring (bicyclic) bond motifs is 1. The van der Waals surface area contributed by atoms with Gasteiger partial charge in [-0.05, 0) is 30.5 Å². The lowest BCUT2D eigenvalue weighted by Crippen LogP contribution is -2.24. The Labute approximate surface area is 131 Å². The van der Waals surface area contributed by atoms with Gasteiger partial charge in [0.15, 0.2) is 11.5 Å². The molecule has 0 amide bonds. The first-order valence-electron chi connectivity index (χ1n) is 7.57. The van der Waals surface area contributed by atoms with Crippen LogP contribution < -0.4 is 9.47 Å². The average Bonchev–Trinajstić information content (AvgIpc) is 2.84. The van der Waals surface area contributed by atoms with Gasteiger partial charge in [-0.25, -0.2) is 4.79 Å². The smallest absolute Gasteiger partial charge is 0.416 e. The van der Waals surface area contributed by atoms with Crippen LogP contribution in [0, 0.1) is 0 Å². The number of alkyl halides is 3. The van der Waals surface area contributed by atoms with Crippen LogP contribution in [0.3, 0.4) is 0 Å². The molecule has 1 aromatic carbocycles. The van der Waals surface area contributed by atoms with E-state index in [1.54, 1.807) is 0 Å². The van der Waals surface area contributed by atoms with Gasteiger partial charge in [0.2, 0.25) is 6.08 Å². The summed E-state index contributed by atoms with van der Waals surface area (Å²) in [6, 6.07) is 2.31. The molecule has 3 rings (SSSR count). The van der Waals surface area contributed by atoms with Gasteiger partial charge in [0.25, 0.3) is 0 Å². The maximum Gasteiger partial charge on any atom is 0.416 e. The van der Waals surface area contributed by atoms with E-state index in [0.29, 0.717) is 32.5 Å². The molecular weight excluding hydrogens is 311 g/mol. The Bertz CT molecular complexity index is 645. The number of isocyanates is 1. The molecule has 4 nitrogen and oxygen atoms in total. The number of nitrogens with zero attached hydrogens (tertiary/aromatic N) is 1. The highest BCUT2D eigenvalue weighted by Crippen LogP contribution is 2.50. The third-order valence-electron chi connectivity index (χ3n) is 4.38. The monoisotopic (exact) mass is 327 g/mol. The fraction of sp³-hybridized carbons (Fsp3) is 0.562. The summed E-state index contributed by atoms with van der Waals surface area (Å²) in [5.41, 5.74) is -2.00.